The Balaban J connectivity index is 2.96. The summed E-state index contributed by atoms with van der Waals surface area (Å²) in [5.41, 5.74) is -0.222. The van der Waals surface area contributed by atoms with Crippen molar-refractivity contribution in [3.05, 3.63) is 23.8 Å². The van der Waals surface area contributed by atoms with Gasteiger partial charge in [-0.15, -0.1) is 12.6 Å². The molecular weight excluding hydrogens is 222 g/mol. The number of nitrogens with one attached hydrogen (secondary N) is 1. The zero-order valence-electron chi connectivity index (χ0n) is 7.42. The van der Waals surface area contributed by atoms with E-state index in [-0.39, 0.29) is 10.6 Å². The van der Waals surface area contributed by atoms with E-state index in [0.29, 0.717) is 6.07 Å². The predicted octanol–water partition coefficient (Wildman–Crippen LogP) is 2.11. The molecule has 6 heteroatoms. The predicted molar refractivity (Wildman–Crippen MR) is 52.5 cm³/mol. The summed E-state index contributed by atoms with van der Waals surface area (Å²) in [6.07, 6.45) is -0.399. The number of amides is 1. The Labute approximate surface area is 90.1 Å². The number of carbonyl (C=O) groups is 1. The lowest BCUT2D eigenvalue weighted by Gasteiger charge is -2.07. The molecule has 78 valence electrons. The number of nitrogens with zero attached hydrogens (tertiary/aromatic N) is 1. The van der Waals surface area contributed by atoms with Crippen molar-refractivity contribution < 1.29 is 13.6 Å². The molecule has 0 aliphatic heterocycles. The van der Waals surface area contributed by atoms with Gasteiger partial charge in [-0.3, -0.25) is 4.79 Å². The van der Waals surface area contributed by atoms with Crippen LogP contribution in [-0.2, 0) is 4.79 Å². The molecule has 3 nitrogen and oxygen atoms in total. The summed E-state index contributed by atoms with van der Waals surface area (Å²) in [5.74, 6) is -2.37. The second-order valence-corrected chi connectivity index (χ2v) is 3.15. The molecule has 15 heavy (non-hydrogen) atoms. The zero-order valence-corrected chi connectivity index (χ0v) is 8.31. The Morgan fingerprint density at radius 3 is 2.73 bits per heavy atom. The molecule has 1 rings (SSSR count). The molecular formula is C9H6F2N2OS. The molecule has 0 atom stereocenters. The molecule has 0 spiro atoms. The number of benzene rings is 1. The lowest BCUT2D eigenvalue weighted by molar-refractivity contribution is -0.115. The van der Waals surface area contributed by atoms with Gasteiger partial charge in [0.2, 0.25) is 5.91 Å². The van der Waals surface area contributed by atoms with Gasteiger partial charge in [-0.1, -0.05) is 0 Å². The van der Waals surface area contributed by atoms with E-state index in [2.05, 4.69) is 17.9 Å². The van der Waals surface area contributed by atoms with E-state index in [1.165, 1.54) is 0 Å². The fourth-order valence-electron chi connectivity index (χ4n) is 0.939. The van der Waals surface area contributed by atoms with Crippen LogP contribution in [0.5, 0.6) is 0 Å². The maximum Gasteiger partial charge on any atom is 0.238 e. The number of rotatable bonds is 2. The fraction of sp³-hybridized carbons (Fsp3) is 0.111. The highest BCUT2D eigenvalue weighted by Crippen LogP contribution is 2.24. The Morgan fingerprint density at radius 1 is 1.53 bits per heavy atom. The number of carbonyl (C=O) groups excluding carboxylic acids is 1. The quantitative estimate of drug-likeness (QED) is 0.761. The third kappa shape index (κ3) is 2.92. The second-order valence-electron chi connectivity index (χ2n) is 2.66. The fourth-order valence-corrected chi connectivity index (χ4v) is 1.23. The SMILES string of the molecule is N#CCC(=O)Nc1c(F)cc(F)cc1S. The van der Waals surface area contributed by atoms with E-state index in [1.54, 1.807) is 6.07 Å². The van der Waals surface area contributed by atoms with Gasteiger partial charge in [0.25, 0.3) is 0 Å². The molecule has 0 unspecified atom stereocenters. The molecule has 1 N–H and O–H groups in total. The minimum absolute atomic E-state index is 0.0289. The van der Waals surface area contributed by atoms with Crippen LogP contribution in [0.25, 0.3) is 0 Å². The van der Waals surface area contributed by atoms with Crippen molar-refractivity contribution in [2.24, 2.45) is 0 Å². The lowest BCUT2D eigenvalue weighted by atomic mass is 10.3. The van der Waals surface area contributed by atoms with E-state index in [4.69, 9.17) is 5.26 Å². The first-order chi connectivity index (χ1) is 7.04. The summed E-state index contributed by atoms with van der Waals surface area (Å²) < 4.78 is 25.8. The lowest BCUT2D eigenvalue weighted by Crippen LogP contribution is -2.12. The number of hydrogen-bond donors (Lipinski definition) is 2. The monoisotopic (exact) mass is 228 g/mol. The van der Waals surface area contributed by atoms with Crippen molar-refractivity contribution in [1.82, 2.24) is 0 Å². The number of thiol groups is 1. The summed E-state index contributed by atoms with van der Waals surface area (Å²) in [5, 5.41) is 10.3. The normalized spacial score (nSPS) is 9.47. The summed E-state index contributed by atoms with van der Waals surface area (Å²) >= 11 is 3.80. The summed E-state index contributed by atoms with van der Waals surface area (Å²) in [7, 11) is 0. The van der Waals surface area contributed by atoms with E-state index in [9.17, 15) is 13.6 Å². The van der Waals surface area contributed by atoms with Crippen molar-refractivity contribution in [1.29, 1.82) is 5.26 Å². The number of hydrogen-bond acceptors (Lipinski definition) is 3. The summed E-state index contributed by atoms with van der Waals surface area (Å²) in [6.45, 7) is 0. The number of halogens is 2. The Morgan fingerprint density at radius 2 is 2.20 bits per heavy atom. The van der Waals surface area contributed by atoms with E-state index >= 15 is 0 Å². The van der Waals surface area contributed by atoms with Crippen molar-refractivity contribution in [3.8, 4) is 6.07 Å². The molecule has 0 bridgehead atoms. The van der Waals surface area contributed by atoms with E-state index in [0.717, 1.165) is 6.07 Å². The van der Waals surface area contributed by atoms with Gasteiger partial charge >= 0.3 is 0 Å². The maximum atomic E-state index is 13.1. The van der Waals surface area contributed by atoms with Crippen LogP contribution in [0.1, 0.15) is 6.42 Å². The Kier molecular flexibility index (Phi) is 3.63. The van der Waals surface area contributed by atoms with Gasteiger partial charge in [-0.25, -0.2) is 8.78 Å². The average Bonchev–Trinajstić information content (AvgIpc) is 2.11. The number of nitriles is 1. The molecule has 0 heterocycles. The van der Waals surface area contributed by atoms with Gasteiger partial charge in [0.05, 0.1) is 11.8 Å². The first-order valence-electron chi connectivity index (χ1n) is 3.89. The molecule has 0 fully saturated rings. The van der Waals surface area contributed by atoms with Crippen LogP contribution in [-0.4, -0.2) is 5.91 Å². The third-order valence-electron chi connectivity index (χ3n) is 1.54. The van der Waals surface area contributed by atoms with Gasteiger partial charge in [-0.2, -0.15) is 5.26 Å². The van der Waals surface area contributed by atoms with Gasteiger partial charge < -0.3 is 5.32 Å². The molecule has 1 aromatic carbocycles. The largest absolute Gasteiger partial charge is 0.322 e. The molecule has 0 aromatic heterocycles. The maximum absolute atomic E-state index is 13.1. The first-order valence-corrected chi connectivity index (χ1v) is 4.34. The Hall–Kier alpha value is -1.61. The highest BCUT2D eigenvalue weighted by Gasteiger charge is 2.11. The van der Waals surface area contributed by atoms with Gasteiger partial charge in [0.15, 0.2) is 5.82 Å². The van der Waals surface area contributed by atoms with Crippen molar-refractivity contribution in [2.75, 3.05) is 5.32 Å². The highest BCUT2D eigenvalue weighted by molar-refractivity contribution is 7.80. The van der Waals surface area contributed by atoms with Crippen LogP contribution in [0, 0.1) is 23.0 Å². The molecule has 0 aliphatic carbocycles. The van der Waals surface area contributed by atoms with Gasteiger partial charge in [0, 0.05) is 11.0 Å². The minimum Gasteiger partial charge on any atom is -0.322 e. The summed E-state index contributed by atoms with van der Waals surface area (Å²) in [4.78, 5) is 10.9. The van der Waals surface area contributed by atoms with Gasteiger partial charge in [-0.05, 0) is 6.07 Å². The smallest absolute Gasteiger partial charge is 0.238 e. The molecule has 0 saturated heterocycles. The van der Waals surface area contributed by atoms with Crippen molar-refractivity contribution in [3.63, 3.8) is 0 Å². The molecule has 0 aliphatic rings. The van der Waals surface area contributed by atoms with Crippen LogP contribution in [0.2, 0.25) is 0 Å². The second kappa shape index (κ2) is 4.75. The van der Waals surface area contributed by atoms with E-state index in [1.807, 2.05) is 0 Å². The number of anilines is 1. The summed E-state index contributed by atoms with van der Waals surface area (Å²) in [6, 6.07) is 3.20. The standard InChI is InChI=1S/C9H6F2N2OS/c10-5-3-6(11)9(7(15)4-5)13-8(14)1-2-12/h3-4,15H,1H2,(H,13,14). The topological polar surface area (TPSA) is 52.9 Å². The van der Waals surface area contributed by atoms with E-state index < -0.39 is 24.0 Å². The molecule has 1 aromatic rings. The molecule has 1 amide bonds. The van der Waals surface area contributed by atoms with Crippen molar-refractivity contribution >= 4 is 24.2 Å². The first kappa shape index (κ1) is 11.5. The highest BCUT2D eigenvalue weighted by atomic mass is 32.1. The minimum atomic E-state index is -0.925. The van der Waals surface area contributed by atoms with Crippen LogP contribution < -0.4 is 5.32 Å². The molecule has 0 saturated carbocycles. The van der Waals surface area contributed by atoms with Crippen LogP contribution in [0.15, 0.2) is 17.0 Å². The van der Waals surface area contributed by atoms with Crippen LogP contribution >= 0.6 is 12.6 Å². The van der Waals surface area contributed by atoms with Crippen molar-refractivity contribution in [2.45, 2.75) is 11.3 Å². The third-order valence-corrected chi connectivity index (χ3v) is 1.89. The Bertz CT molecular complexity index is 419. The average molecular weight is 228 g/mol. The van der Waals surface area contributed by atoms with Gasteiger partial charge in [0.1, 0.15) is 12.2 Å². The zero-order chi connectivity index (χ0) is 11.4. The van der Waals surface area contributed by atoms with Crippen LogP contribution in [0.3, 0.4) is 0 Å². The molecule has 0 radical (unpaired) electrons. The van der Waals surface area contributed by atoms with Crippen LogP contribution in [0.4, 0.5) is 14.5 Å².